The van der Waals surface area contributed by atoms with Crippen LogP contribution in [0, 0.1) is 6.92 Å². The van der Waals surface area contributed by atoms with Gasteiger partial charge in [0.15, 0.2) is 0 Å². The summed E-state index contributed by atoms with van der Waals surface area (Å²) >= 11 is 0. The molecule has 0 unspecified atom stereocenters. The van der Waals surface area contributed by atoms with Crippen LogP contribution in [0.25, 0.3) is 0 Å². The molecule has 0 fully saturated rings. The Bertz CT molecular complexity index is 1070. The number of carbonyl (C=O) groups excluding carboxylic acids is 1. The summed E-state index contributed by atoms with van der Waals surface area (Å²) in [5.41, 5.74) is 2.82. The van der Waals surface area contributed by atoms with Gasteiger partial charge in [-0.05, 0) is 61.4 Å². The summed E-state index contributed by atoms with van der Waals surface area (Å²) in [6.45, 7) is 4.85. The monoisotopic (exact) mass is 445 g/mol. The zero-order valence-corrected chi connectivity index (χ0v) is 19.3. The van der Waals surface area contributed by atoms with Gasteiger partial charge in [0.1, 0.15) is 17.2 Å². The van der Waals surface area contributed by atoms with Gasteiger partial charge in [-0.25, -0.2) is 4.79 Å². The van der Waals surface area contributed by atoms with Gasteiger partial charge in [0.05, 0.1) is 17.9 Å². The molecule has 5 nitrogen and oxygen atoms in total. The van der Waals surface area contributed by atoms with Gasteiger partial charge in [0.25, 0.3) is 0 Å². The molecule has 0 spiro atoms. The van der Waals surface area contributed by atoms with Crippen LogP contribution in [0.2, 0.25) is 0 Å². The molecule has 33 heavy (non-hydrogen) atoms. The van der Waals surface area contributed by atoms with Crippen molar-refractivity contribution in [1.82, 2.24) is 0 Å². The van der Waals surface area contributed by atoms with E-state index in [1.165, 1.54) is 31.7 Å². The minimum absolute atomic E-state index is 0.0136. The molecule has 0 amide bonds. The fraction of sp³-hybridized carbons (Fsp3) is 0.286. The lowest BCUT2D eigenvalue weighted by Gasteiger charge is -2.08. The van der Waals surface area contributed by atoms with E-state index in [2.05, 4.69) is 11.9 Å². The molecule has 1 N–H and O–H groups in total. The van der Waals surface area contributed by atoms with Gasteiger partial charge >= 0.3 is 5.97 Å². The first-order valence-corrected chi connectivity index (χ1v) is 11.4. The van der Waals surface area contributed by atoms with Crippen molar-refractivity contribution >= 4 is 17.9 Å². The molecule has 0 saturated carbocycles. The number of nitrogens with zero attached hydrogens (tertiary/aromatic N) is 1. The molecule has 0 aliphatic rings. The van der Waals surface area contributed by atoms with E-state index in [4.69, 9.17) is 9.47 Å². The number of hydrogen-bond donors (Lipinski definition) is 1. The predicted molar refractivity (Wildman–Crippen MR) is 132 cm³/mol. The van der Waals surface area contributed by atoms with Crippen molar-refractivity contribution in [3.8, 4) is 17.2 Å². The SMILES string of the molecule is CCCCCCCOc1ccc(C(=O)Oc2ccc(C=Nc3ccccc3C)c(O)c2)cc1. The van der Waals surface area contributed by atoms with E-state index in [1.807, 2.05) is 31.2 Å². The molecule has 0 saturated heterocycles. The quantitative estimate of drug-likeness (QED) is 0.149. The van der Waals surface area contributed by atoms with E-state index in [0.717, 1.165) is 23.4 Å². The standard InChI is InChI=1S/C28H31NO4/c1-3-4-5-6-9-18-32-24-15-12-22(13-16-24)28(31)33-25-17-14-23(27(30)19-25)20-29-26-11-8-7-10-21(26)2/h7-8,10-17,19-20,30H,3-6,9,18H2,1-2H3. The van der Waals surface area contributed by atoms with Crippen LogP contribution in [0.3, 0.4) is 0 Å². The summed E-state index contributed by atoms with van der Waals surface area (Å²) in [5, 5.41) is 10.3. The Labute approximate surface area is 195 Å². The van der Waals surface area contributed by atoms with E-state index < -0.39 is 5.97 Å². The van der Waals surface area contributed by atoms with Crippen molar-refractivity contribution in [3.05, 3.63) is 83.4 Å². The smallest absolute Gasteiger partial charge is 0.343 e. The summed E-state index contributed by atoms with van der Waals surface area (Å²) in [7, 11) is 0. The number of benzene rings is 3. The normalized spacial score (nSPS) is 11.0. The predicted octanol–water partition coefficient (Wildman–Crippen LogP) is 7.02. The Balaban J connectivity index is 1.53. The van der Waals surface area contributed by atoms with Crippen LogP contribution in [0.15, 0.2) is 71.7 Å². The number of phenols is 1. The Morgan fingerprint density at radius 1 is 0.939 bits per heavy atom. The second kappa shape index (κ2) is 12.4. The maximum absolute atomic E-state index is 12.5. The van der Waals surface area contributed by atoms with Crippen molar-refractivity contribution in [2.45, 2.75) is 46.0 Å². The first kappa shape index (κ1) is 24.1. The molecular weight excluding hydrogens is 414 g/mol. The van der Waals surface area contributed by atoms with Crippen molar-refractivity contribution in [2.75, 3.05) is 6.61 Å². The van der Waals surface area contributed by atoms with Gasteiger partial charge < -0.3 is 14.6 Å². The highest BCUT2D eigenvalue weighted by Crippen LogP contribution is 2.25. The lowest BCUT2D eigenvalue weighted by atomic mass is 10.2. The third-order valence-electron chi connectivity index (χ3n) is 5.28. The van der Waals surface area contributed by atoms with Crippen LogP contribution in [0.4, 0.5) is 5.69 Å². The molecule has 0 aromatic heterocycles. The number of esters is 1. The fourth-order valence-corrected chi connectivity index (χ4v) is 3.29. The number of carbonyl (C=O) groups is 1. The summed E-state index contributed by atoms with van der Waals surface area (Å²) in [6.07, 6.45) is 7.51. The van der Waals surface area contributed by atoms with E-state index in [0.29, 0.717) is 17.7 Å². The maximum Gasteiger partial charge on any atom is 0.343 e. The Morgan fingerprint density at radius 3 is 2.39 bits per heavy atom. The molecule has 5 heteroatoms. The zero-order chi connectivity index (χ0) is 23.5. The number of phenolic OH excluding ortho intramolecular Hbond substituents is 1. The molecule has 3 aromatic rings. The summed E-state index contributed by atoms with van der Waals surface area (Å²) in [6, 6.07) is 19.3. The molecule has 0 aliphatic carbocycles. The average molecular weight is 446 g/mol. The van der Waals surface area contributed by atoms with Crippen LogP contribution in [0.5, 0.6) is 17.2 Å². The number of unbranched alkanes of at least 4 members (excludes halogenated alkanes) is 4. The number of aromatic hydroxyl groups is 1. The molecular formula is C28H31NO4. The number of aliphatic imine (C=N–C) groups is 1. The van der Waals surface area contributed by atoms with E-state index in [1.54, 1.807) is 42.6 Å². The number of aryl methyl sites for hydroxylation is 1. The third kappa shape index (κ3) is 7.49. The molecule has 0 bridgehead atoms. The van der Waals surface area contributed by atoms with E-state index in [9.17, 15) is 9.90 Å². The van der Waals surface area contributed by atoms with Gasteiger partial charge in [-0.1, -0.05) is 50.8 Å². The highest BCUT2D eigenvalue weighted by Gasteiger charge is 2.10. The first-order valence-electron chi connectivity index (χ1n) is 11.4. The highest BCUT2D eigenvalue weighted by molar-refractivity contribution is 5.91. The number of rotatable bonds is 11. The number of hydrogen-bond acceptors (Lipinski definition) is 5. The van der Waals surface area contributed by atoms with Crippen molar-refractivity contribution < 1.29 is 19.4 Å². The van der Waals surface area contributed by atoms with Crippen molar-refractivity contribution in [2.24, 2.45) is 4.99 Å². The Morgan fingerprint density at radius 2 is 1.67 bits per heavy atom. The number of para-hydroxylation sites is 1. The molecule has 0 atom stereocenters. The van der Waals surface area contributed by atoms with Crippen molar-refractivity contribution in [3.63, 3.8) is 0 Å². The summed E-state index contributed by atoms with van der Waals surface area (Å²) < 4.78 is 11.1. The molecule has 0 aliphatic heterocycles. The van der Waals surface area contributed by atoms with Crippen molar-refractivity contribution in [1.29, 1.82) is 0 Å². The van der Waals surface area contributed by atoms with Crippen LogP contribution in [-0.2, 0) is 0 Å². The zero-order valence-electron chi connectivity index (χ0n) is 19.3. The molecule has 172 valence electrons. The lowest BCUT2D eigenvalue weighted by Crippen LogP contribution is -2.08. The van der Waals surface area contributed by atoms with E-state index in [-0.39, 0.29) is 11.5 Å². The molecule has 3 rings (SSSR count). The van der Waals surface area contributed by atoms with Gasteiger partial charge in [-0.2, -0.15) is 0 Å². The van der Waals surface area contributed by atoms with Gasteiger partial charge in [0, 0.05) is 17.8 Å². The first-order chi connectivity index (χ1) is 16.1. The minimum atomic E-state index is -0.498. The maximum atomic E-state index is 12.5. The molecule has 0 heterocycles. The number of ether oxygens (including phenoxy) is 2. The molecule has 3 aromatic carbocycles. The van der Waals surface area contributed by atoms with Crippen LogP contribution >= 0.6 is 0 Å². The third-order valence-corrected chi connectivity index (χ3v) is 5.28. The van der Waals surface area contributed by atoms with Crippen LogP contribution in [0.1, 0.15) is 60.5 Å². The summed E-state index contributed by atoms with van der Waals surface area (Å²) in [5.74, 6) is 0.483. The Hall–Kier alpha value is -3.60. The topological polar surface area (TPSA) is 68.1 Å². The van der Waals surface area contributed by atoms with E-state index >= 15 is 0 Å². The summed E-state index contributed by atoms with van der Waals surface area (Å²) in [4.78, 5) is 16.9. The second-order valence-electron chi connectivity index (χ2n) is 7.94. The minimum Gasteiger partial charge on any atom is -0.507 e. The fourth-order valence-electron chi connectivity index (χ4n) is 3.29. The van der Waals surface area contributed by atoms with Gasteiger partial charge in [0.2, 0.25) is 0 Å². The van der Waals surface area contributed by atoms with Gasteiger partial charge in [-0.3, -0.25) is 4.99 Å². The van der Waals surface area contributed by atoms with Crippen LogP contribution < -0.4 is 9.47 Å². The van der Waals surface area contributed by atoms with Gasteiger partial charge in [-0.15, -0.1) is 0 Å². The second-order valence-corrected chi connectivity index (χ2v) is 7.94. The van der Waals surface area contributed by atoms with Crippen LogP contribution in [-0.4, -0.2) is 23.9 Å². The lowest BCUT2D eigenvalue weighted by molar-refractivity contribution is 0.0734. The highest BCUT2D eigenvalue weighted by atomic mass is 16.5. The molecule has 0 radical (unpaired) electrons. The largest absolute Gasteiger partial charge is 0.507 e. The Kier molecular flexibility index (Phi) is 9.07. The average Bonchev–Trinajstić information content (AvgIpc) is 2.82.